The maximum atomic E-state index is 11.2. The van der Waals surface area contributed by atoms with Crippen LogP contribution in [0.1, 0.15) is 13.8 Å². The SMILES string of the molecule is CC1(C)OC2C(=O)OC(CO)C2O1. The van der Waals surface area contributed by atoms with E-state index in [0.29, 0.717) is 0 Å². The maximum absolute atomic E-state index is 11.2. The number of carbonyl (C=O) groups is 1. The van der Waals surface area contributed by atoms with Crippen molar-refractivity contribution in [1.82, 2.24) is 0 Å². The van der Waals surface area contributed by atoms with Crippen LogP contribution < -0.4 is 0 Å². The molecule has 0 saturated carbocycles. The summed E-state index contributed by atoms with van der Waals surface area (Å²) in [7, 11) is 0. The first-order valence-electron chi connectivity index (χ1n) is 4.20. The summed E-state index contributed by atoms with van der Waals surface area (Å²) in [6.07, 6.45) is -1.72. The van der Waals surface area contributed by atoms with Crippen LogP contribution in [-0.4, -0.2) is 41.8 Å². The lowest BCUT2D eigenvalue weighted by atomic mass is 10.1. The normalized spacial score (nSPS) is 41.8. The maximum Gasteiger partial charge on any atom is 0.338 e. The second kappa shape index (κ2) is 2.67. The summed E-state index contributed by atoms with van der Waals surface area (Å²) in [5.74, 6) is -1.21. The van der Waals surface area contributed by atoms with Gasteiger partial charge < -0.3 is 19.3 Å². The molecule has 0 aromatic heterocycles. The minimum Gasteiger partial charge on any atom is -0.455 e. The predicted molar refractivity (Wildman–Crippen MR) is 40.8 cm³/mol. The standard InChI is InChI=1S/C8H12O5/c1-8(2)12-5-4(3-9)11-7(10)6(5)13-8/h4-6,9H,3H2,1-2H3. The first-order valence-corrected chi connectivity index (χ1v) is 4.20. The average Bonchev–Trinajstić information content (AvgIpc) is 2.47. The lowest BCUT2D eigenvalue weighted by Crippen LogP contribution is -2.31. The van der Waals surface area contributed by atoms with Gasteiger partial charge in [-0.1, -0.05) is 0 Å². The van der Waals surface area contributed by atoms with E-state index in [0.717, 1.165) is 0 Å². The summed E-state index contributed by atoms with van der Waals surface area (Å²) in [5.41, 5.74) is 0. The second-order valence-electron chi connectivity index (χ2n) is 3.68. The van der Waals surface area contributed by atoms with Gasteiger partial charge in [0.05, 0.1) is 6.61 Å². The van der Waals surface area contributed by atoms with Gasteiger partial charge in [0.1, 0.15) is 6.10 Å². The van der Waals surface area contributed by atoms with Gasteiger partial charge in [0.2, 0.25) is 0 Å². The van der Waals surface area contributed by atoms with E-state index in [2.05, 4.69) is 0 Å². The summed E-state index contributed by atoms with van der Waals surface area (Å²) in [4.78, 5) is 11.2. The molecule has 0 spiro atoms. The number of cyclic esters (lactones) is 1. The molecule has 74 valence electrons. The molecule has 2 fully saturated rings. The minimum atomic E-state index is -0.762. The number of aliphatic hydroxyl groups is 1. The van der Waals surface area contributed by atoms with E-state index in [9.17, 15) is 4.79 Å². The number of hydrogen-bond acceptors (Lipinski definition) is 5. The van der Waals surface area contributed by atoms with E-state index in [1.165, 1.54) is 0 Å². The molecule has 13 heavy (non-hydrogen) atoms. The zero-order valence-corrected chi connectivity index (χ0v) is 7.52. The molecule has 3 unspecified atom stereocenters. The lowest BCUT2D eigenvalue weighted by Gasteiger charge is -2.20. The highest BCUT2D eigenvalue weighted by atomic mass is 16.8. The monoisotopic (exact) mass is 188 g/mol. The van der Waals surface area contributed by atoms with Crippen LogP contribution in [-0.2, 0) is 19.0 Å². The Morgan fingerprint density at radius 2 is 2.15 bits per heavy atom. The van der Waals surface area contributed by atoms with Crippen LogP contribution in [0.2, 0.25) is 0 Å². The van der Waals surface area contributed by atoms with E-state index >= 15 is 0 Å². The van der Waals surface area contributed by atoms with Gasteiger partial charge in [-0.2, -0.15) is 0 Å². The molecule has 5 heteroatoms. The van der Waals surface area contributed by atoms with E-state index in [4.69, 9.17) is 19.3 Å². The third-order valence-corrected chi connectivity index (χ3v) is 2.18. The van der Waals surface area contributed by atoms with Crippen molar-refractivity contribution in [2.75, 3.05) is 6.61 Å². The first-order chi connectivity index (χ1) is 6.03. The van der Waals surface area contributed by atoms with Crippen LogP contribution >= 0.6 is 0 Å². The molecular weight excluding hydrogens is 176 g/mol. The van der Waals surface area contributed by atoms with Crippen molar-refractivity contribution in [3.8, 4) is 0 Å². The Morgan fingerprint density at radius 3 is 2.77 bits per heavy atom. The highest BCUT2D eigenvalue weighted by Gasteiger charge is 2.55. The van der Waals surface area contributed by atoms with E-state index in [-0.39, 0.29) is 6.61 Å². The molecule has 2 aliphatic rings. The topological polar surface area (TPSA) is 65.0 Å². The average molecular weight is 188 g/mol. The highest BCUT2D eigenvalue weighted by molar-refractivity contribution is 5.78. The number of carbonyl (C=O) groups excluding carboxylic acids is 1. The molecular formula is C8H12O5. The van der Waals surface area contributed by atoms with Gasteiger partial charge in [-0.3, -0.25) is 0 Å². The fraction of sp³-hybridized carbons (Fsp3) is 0.875. The van der Waals surface area contributed by atoms with Crippen molar-refractivity contribution in [3.63, 3.8) is 0 Å². The molecule has 0 amide bonds. The van der Waals surface area contributed by atoms with Crippen LogP contribution in [0.15, 0.2) is 0 Å². The Balaban J connectivity index is 2.17. The van der Waals surface area contributed by atoms with Crippen LogP contribution in [0.5, 0.6) is 0 Å². The van der Waals surface area contributed by atoms with Crippen molar-refractivity contribution in [1.29, 1.82) is 0 Å². The van der Waals surface area contributed by atoms with Gasteiger partial charge in [0.15, 0.2) is 18.0 Å². The minimum absolute atomic E-state index is 0.230. The Hall–Kier alpha value is -0.650. The van der Waals surface area contributed by atoms with Crippen molar-refractivity contribution in [2.45, 2.75) is 37.9 Å². The quantitative estimate of drug-likeness (QED) is 0.558. The van der Waals surface area contributed by atoms with Gasteiger partial charge >= 0.3 is 5.97 Å². The molecule has 3 atom stereocenters. The molecule has 5 nitrogen and oxygen atoms in total. The van der Waals surface area contributed by atoms with Crippen LogP contribution in [0, 0.1) is 0 Å². The van der Waals surface area contributed by atoms with Crippen LogP contribution in [0.25, 0.3) is 0 Å². The summed E-state index contributed by atoms with van der Waals surface area (Å²) in [5, 5.41) is 8.89. The Morgan fingerprint density at radius 1 is 1.46 bits per heavy atom. The fourth-order valence-corrected chi connectivity index (χ4v) is 1.67. The number of hydrogen-bond donors (Lipinski definition) is 1. The molecule has 0 aliphatic carbocycles. The summed E-state index contributed by atoms with van der Waals surface area (Å²) in [6, 6.07) is 0. The molecule has 0 radical (unpaired) electrons. The largest absolute Gasteiger partial charge is 0.455 e. The van der Waals surface area contributed by atoms with Crippen molar-refractivity contribution < 1.29 is 24.1 Å². The molecule has 2 aliphatic heterocycles. The zero-order chi connectivity index (χ0) is 9.64. The first kappa shape index (κ1) is 8.93. The summed E-state index contributed by atoms with van der Waals surface area (Å²) >= 11 is 0. The fourth-order valence-electron chi connectivity index (χ4n) is 1.67. The van der Waals surface area contributed by atoms with Crippen LogP contribution in [0.3, 0.4) is 0 Å². The van der Waals surface area contributed by atoms with E-state index in [1.54, 1.807) is 13.8 Å². The van der Waals surface area contributed by atoms with Crippen molar-refractivity contribution in [2.24, 2.45) is 0 Å². The lowest BCUT2D eigenvalue weighted by molar-refractivity contribution is -0.188. The Kier molecular flexibility index (Phi) is 1.83. The van der Waals surface area contributed by atoms with Crippen LogP contribution in [0.4, 0.5) is 0 Å². The van der Waals surface area contributed by atoms with Crippen molar-refractivity contribution in [3.05, 3.63) is 0 Å². The van der Waals surface area contributed by atoms with Gasteiger partial charge in [-0.05, 0) is 13.8 Å². The van der Waals surface area contributed by atoms with Gasteiger partial charge in [0, 0.05) is 0 Å². The van der Waals surface area contributed by atoms with Gasteiger partial charge in [-0.25, -0.2) is 4.79 Å². The molecule has 0 aromatic carbocycles. The molecule has 1 N–H and O–H groups in total. The Labute approximate surface area is 75.6 Å². The van der Waals surface area contributed by atoms with Gasteiger partial charge in [0.25, 0.3) is 0 Å². The molecule has 0 bridgehead atoms. The predicted octanol–water partition coefficient (Wildman–Crippen LogP) is -0.576. The number of ether oxygens (including phenoxy) is 3. The summed E-state index contributed by atoms with van der Waals surface area (Å²) < 4.78 is 15.6. The Bertz CT molecular complexity index is 237. The molecule has 2 rings (SSSR count). The third kappa shape index (κ3) is 1.33. The zero-order valence-electron chi connectivity index (χ0n) is 7.52. The third-order valence-electron chi connectivity index (χ3n) is 2.18. The number of esters is 1. The molecule has 0 aromatic rings. The second-order valence-corrected chi connectivity index (χ2v) is 3.68. The summed E-state index contributed by atoms with van der Waals surface area (Å²) in [6.45, 7) is 3.23. The van der Waals surface area contributed by atoms with E-state index in [1.807, 2.05) is 0 Å². The highest BCUT2D eigenvalue weighted by Crippen LogP contribution is 2.35. The van der Waals surface area contributed by atoms with E-state index < -0.39 is 30.1 Å². The molecule has 2 heterocycles. The number of rotatable bonds is 1. The molecule has 2 saturated heterocycles. The number of fused-ring (bicyclic) bond motifs is 1. The smallest absolute Gasteiger partial charge is 0.338 e. The van der Waals surface area contributed by atoms with Gasteiger partial charge in [-0.15, -0.1) is 0 Å². The number of aliphatic hydroxyl groups excluding tert-OH is 1. The van der Waals surface area contributed by atoms with Crippen molar-refractivity contribution >= 4 is 5.97 Å².